The van der Waals surface area contributed by atoms with Crippen LogP contribution >= 0.6 is 0 Å². The summed E-state index contributed by atoms with van der Waals surface area (Å²) in [6.45, 7) is 5.94. The third-order valence-electron chi connectivity index (χ3n) is 2.22. The maximum absolute atomic E-state index is 11.5. The molecule has 0 amide bonds. The Bertz CT molecular complexity index is 545. The van der Waals surface area contributed by atoms with Crippen molar-refractivity contribution in [3.8, 4) is 0 Å². The molecule has 0 aliphatic rings. The van der Waals surface area contributed by atoms with Crippen LogP contribution in [0, 0.1) is 13.8 Å². The maximum Gasteiger partial charge on any atom is 0.358 e. The van der Waals surface area contributed by atoms with Gasteiger partial charge in [0.05, 0.1) is 6.61 Å². The number of fused-ring (bicyclic) bond motifs is 1. The van der Waals surface area contributed by atoms with E-state index in [0.717, 1.165) is 11.4 Å². The molecule has 0 fully saturated rings. The molecule has 0 unspecified atom stereocenters. The number of aryl methyl sites for hydroxylation is 2. The van der Waals surface area contributed by atoms with Gasteiger partial charge in [0.15, 0.2) is 11.3 Å². The second-order valence-corrected chi connectivity index (χ2v) is 3.56. The van der Waals surface area contributed by atoms with Crippen molar-refractivity contribution in [1.29, 1.82) is 0 Å². The van der Waals surface area contributed by atoms with Crippen molar-refractivity contribution in [3.05, 3.63) is 29.2 Å². The molecule has 2 rings (SSSR count). The van der Waals surface area contributed by atoms with E-state index < -0.39 is 5.97 Å². The number of carbonyl (C=O) groups excluding carboxylic acids is 1. The molecule has 0 bridgehead atoms. The van der Waals surface area contributed by atoms with Gasteiger partial charge >= 0.3 is 5.97 Å². The average molecular weight is 219 g/mol. The van der Waals surface area contributed by atoms with E-state index in [2.05, 4.69) is 10.1 Å². The SMILES string of the molecule is CCOC(=O)c1cc2nc(C)cc(C)n2n1. The van der Waals surface area contributed by atoms with Crippen molar-refractivity contribution in [2.45, 2.75) is 20.8 Å². The molecule has 2 heterocycles. The summed E-state index contributed by atoms with van der Waals surface area (Å²) >= 11 is 0. The lowest BCUT2D eigenvalue weighted by molar-refractivity contribution is 0.0519. The minimum atomic E-state index is -0.412. The molecule has 0 saturated heterocycles. The van der Waals surface area contributed by atoms with E-state index in [1.165, 1.54) is 0 Å². The second kappa shape index (κ2) is 3.92. The van der Waals surface area contributed by atoms with E-state index in [1.807, 2.05) is 19.9 Å². The summed E-state index contributed by atoms with van der Waals surface area (Å²) in [5.41, 5.74) is 2.81. The monoisotopic (exact) mass is 219 g/mol. The van der Waals surface area contributed by atoms with Gasteiger partial charge in [0.2, 0.25) is 0 Å². The molecule has 2 aromatic heterocycles. The fourth-order valence-corrected chi connectivity index (χ4v) is 1.59. The van der Waals surface area contributed by atoms with Crippen LogP contribution in [0.15, 0.2) is 12.1 Å². The fraction of sp³-hybridized carbons (Fsp3) is 0.364. The zero-order valence-corrected chi connectivity index (χ0v) is 9.52. The highest BCUT2D eigenvalue weighted by atomic mass is 16.5. The Labute approximate surface area is 93.1 Å². The number of hydrogen-bond acceptors (Lipinski definition) is 4. The van der Waals surface area contributed by atoms with Gasteiger partial charge < -0.3 is 4.74 Å². The standard InChI is InChI=1S/C11H13N3O2/c1-4-16-11(15)9-6-10-12-7(2)5-8(3)14(10)13-9/h5-6H,4H2,1-3H3. The quantitative estimate of drug-likeness (QED) is 0.718. The van der Waals surface area contributed by atoms with Gasteiger partial charge in [-0.3, -0.25) is 0 Å². The zero-order valence-electron chi connectivity index (χ0n) is 9.52. The summed E-state index contributed by atoms with van der Waals surface area (Å²) in [5.74, 6) is -0.412. The first-order chi connectivity index (χ1) is 7.61. The summed E-state index contributed by atoms with van der Waals surface area (Å²) in [6, 6.07) is 3.55. The molecule has 84 valence electrons. The van der Waals surface area contributed by atoms with Gasteiger partial charge in [-0.2, -0.15) is 5.10 Å². The minimum Gasteiger partial charge on any atom is -0.461 e. The fourth-order valence-electron chi connectivity index (χ4n) is 1.59. The Morgan fingerprint density at radius 1 is 1.44 bits per heavy atom. The third kappa shape index (κ3) is 1.76. The van der Waals surface area contributed by atoms with Crippen LogP contribution in [0.4, 0.5) is 0 Å². The van der Waals surface area contributed by atoms with Gasteiger partial charge in [-0.25, -0.2) is 14.3 Å². The molecule has 0 radical (unpaired) electrons. The maximum atomic E-state index is 11.5. The van der Waals surface area contributed by atoms with Crippen molar-refractivity contribution in [2.75, 3.05) is 6.61 Å². The van der Waals surface area contributed by atoms with Crippen LogP contribution in [0.1, 0.15) is 28.8 Å². The molecule has 0 N–H and O–H groups in total. The Morgan fingerprint density at radius 2 is 2.19 bits per heavy atom. The first-order valence-corrected chi connectivity index (χ1v) is 5.13. The predicted molar refractivity (Wildman–Crippen MR) is 58.4 cm³/mol. The van der Waals surface area contributed by atoms with Crippen molar-refractivity contribution in [1.82, 2.24) is 14.6 Å². The van der Waals surface area contributed by atoms with Gasteiger partial charge in [0.1, 0.15) is 0 Å². The molecule has 0 atom stereocenters. The average Bonchev–Trinajstić information content (AvgIpc) is 2.62. The van der Waals surface area contributed by atoms with Crippen LogP contribution in [-0.4, -0.2) is 27.2 Å². The largest absolute Gasteiger partial charge is 0.461 e. The van der Waals surface area contributed by atoms with Gasteiger partial charge in [0.25, 0.3) is 0 Å². The highest BCUT2D eigenvalue weighted by molar-refractivity contribution is 5.88. The number of hydrogen-bond donors (Lipinski definition) is 0. The minimum absolute atomic E-state index is 0.294. The molecule has 0 aromatic carbocycles. The number of nitrogens with zero attached hydrogens (tertiary/aromatic N) is 3. The highest BCUT2D eigenvalue weighted by Gasteiger charge is 2.13. The molecular weight excluding hydrogens is 206 g/mol. The van der Waals surface area contributed by atoms with E-state index in [4.69, 9.17) is 4.74 Å². The van der Waals surface area contributed by atoms with E-state index in [1.54, 1.807) is 17.5 Å². The lowest BCUT2D eigenvalue weighted by Gasteiger charge is -1.99. The Kier molecular flexibility index (Phi) is 2.60. The van der Waals surface area contributed by atoms with E-state index in [-0.39, 0.29) is 0 Å². The van der Waals surface area contributed by atoms with E-state index >= 15 is 0 Å². The van der Waals surface area contributed by atoms with Crippen molar-refractivity contribution in [3.63, 3.8) is 0 Å². The molecule has 0 saturated carbocycles. The molecule has 0 spiro atoms. The lowest BCUT2D eigenvalue weighted by Crippen LogP contribution is -2.05. The number of carbonyl (C=O) groups is 1. The molecule has 5 nitrogen and oxygen atoms in total. The molecular formula is C11H13N3O2. The van der Waals surface area contributed by atoms with Crippen LogP contribution in [0.25, 0.3) is 5.65 Å². The number of rotatable bonds is 2. The topological polar surface area (TPSA) is 56.5 Å². The van der Waals surface area contributed by atoms with Crippen molar-refractivity contribution >= 4 is 11.6 Å². The molecule has 16 heavy (non-hydrogen) atoms. The molecule has 2 aromatic rings. The predicted octanol–water partition coefficient (Wildman–Crippen LogP) is 1.52. The van der Waals surface area contributed by atoms with Crippen LogP contribution < -0.4 is 0 Å². The lowest BCUT2D eigenvalue weighted by atomic mass is 10.3. The summed E-state index contributed by atoms with van der Waals surface area (Å²) in [5, 5.41) is 4.15. The van der Waals surface area contributed by atoms with Gasteiger partial charge in [-0.15, -0.1) is 0 Å². The second-order valence-electron chi connectivity index (χ2n) is 3.56. The summed E-state index contributed by atoms with van der Waals surface area (Å²) in [7, 11) is 0. The summed E-state index contributed by atoms with van der Waals surface area (Å²) < 4.78 is 6.52. The van der Waals surface area contributed by atoms with E-state index in [0.29, 0.717) is 17.9 Å². The van der Waals surface area contributed by atoms with Gasteiger partial charge in [-0.1, -0.05) is 0 Å². The van der Waals surface area contributed by atoms with Crippen molar-refractivity contribution in [2.24, 2.45) is 0 Å². The molecule has 0 aliphatic heterocycles. The first-order valence-electron chi connectivity index (χ1n) is 5.13. The van der Waals surface area contributed by atoms with Crippen LogP contribution in [0.5, 0.6) is 0 Å². The Balaban J connectivity index is 2.51. The van der Waals surface area contributed by atoms with Crippen LogP contribution in [-0.2, 0) is 4.74 Å². The van der Waals surface area contributed by atoms with Crippen LogP contribution in [0.2, 0.25) is 0 Å². The summed E-state index contributed by atoms with van der Waals surface area (Å²) in [4.78, 5) is 15.8. The number of ether oxygens (including phenoxy) is 1. The summed E-state index contributed by atoms with van der Waals surface area (Å²) in [6.07, 6.45) is 0. The number of esters is 1. The zero-order chi connectivity index (χ0) is 11.7. The van der Waals surface area contributed by atoms with Crippen molar-refractivity contribution < 1.29 is 9.53 Å². The Morgan fingerprint density at radius 3 is 2.88 bits per heavy atom. The normalized spacial score (nSPS) is 10.7. The molecule has 0 aliphatic carbocycles. The van der Waals surface area contributed by atoms with Gasteiger partial charge in [0, 0.05) is 17.5 Å². The number of aromatic nitrogens is 3. The smallest absolute Gasteiger partial charge is 0.358 e. The highest BCUT2D eigenvalue weighted by Crippen LogP contribution is 2.09. The van der Waals surface area contributed by atoms with E-state index in [9.17, 15) is 4.79 Å². The Hall–Kier alpha value is -1.91. The third-order valence-corrected chi connectivity index (χ3v) is 2.22. The van der Waals surface area contributed by atoms with Gasteiger partial charge in [-0.05, 0) is 26.8 Å². The first kappa shape index (κ1) is 10.6. The molecule has 5 heteroatoms. The van der Waals surface area contributed by atoms with Crippen LogP contribution in [0.3, 0.4) is 0 Å².